The van der Waals surface area contributed by atoms with Gasteiger partial charge in [0.25, 0.3) is 11.8 Å². The third-order valence-corrected chi connectivity index (χ3v) is 6.42. The van der Waals surface area contributed by atoms with Crippen LogP contribution in [0.3, 0.4) is 0 Å². The first kappa shape index (κ1) is 21.8. The summed E-state index contributed by atoms with van der Waals surface area (Å²) in [6.45, 7) is 3.52. The number of hydrogen-bond donors (Lipinski definition) is 1. The number of carbonyl (C=O) groups is 2. The lowest BCUT2D eigenvalue weighted by Gasteiger charge is -2.27. The van der Waals surface area contributed by atoms with Crippen LogP contribution in [0.5, 0.6) is 0 Å². The Bertz CT molecular complexity index is 1010. The summed E-state index contributed by atoms with van der Waals surface area (Å²) in [4.78, 5) is 27.5. The summed E-state index contributed by atoms with van der Waals surface area (Å²) >= 11 is 0. The number of anilines is 2. The molecule has 0 spiro atoms. The van der Waals surface area contributed by atoms with Crippen LogP contribution in [-0.4, -0.2) is 51.0 Å². The van der Waals surface area contributed by atoms with E-state index in [1.807, 2.05) is 4.90 Å². The minimum absolute atomic E-state index is 0.0762. The van der Waals surface area contributed by atoms with Gasteiger partial charge in [0.15, 0.2) is 0 Å². The fraction of sp³-hybridized carbons (Fsp3) is 0.364. The van der Waals surface area contributed by atoms with Gasteiger partial charge in [0, 0.05) is 25.2 Å². The smallest absolute Gasteiger partial charge is 0.255 e. The number of nitrogens with one attached hydrogen (secondary N) is 1. The van der Waals surface area contributed by atoms with E-state index < -0.39 is 10.0 Å². The van der Waals surface area contributed by atoms with Gasteiger partial charge in [-0.3, -0.25) is 13.9 Å². The van der Waals surface area contributed by atoms with E-state index in [0.717, 1.165) is 38.6 Å². The third-order valence-electron chi connectivity index (χ3n) is 5.15. The normalized spacial score (nSPS) is 14.3. The second-order valence-corrected chi connectivity index (χ2v) is 9.23. The molecular formula is C22H27N3O4S. The predicted octanol–water partition coefficient (Wildman–Crippen LogP) is 3.35. The van der Waals surface area contributed by atoms with Gasteiger partial charge in [0.2, 0.25) is 10.0 Å². The summed E-state index contributed by atoms with van der Waals surface area (Å²) in [5.41, 5.74) is 1.81. The van der Waals surface area contributed by atoms with Crippen LogP contribution in [0.1, 0.15) is 46.9 Å². The van der Waals surface area contributed by atoms with Crippen LogP contribution in [-0.2, 0) is 10.0 Å². The number of carbonyl (C=O) groups excluding carboxylic acids is 2. The maximum atomic E-state index is 12.9. The zero-order chi connectivity index (χ0) is 21.7. The molecule has 1 heterocycles. The topological polar surface area (TPSA) is 86.8 Å². The van der Waals surface area contributed by atoms with Crippen molar-refractivity contribution in [2.75, 3.05) is 35.5 Å². The molecule has 2 aromatic carbocycles. The summed E-state index contributed by atoms with van der Waals surface area (Å²) in [5.74, 6) is -0.435. The van der Waals surface area contributed by atoms with E-state index in [1.165, 1.54) is 4.31 Å². The number of para-hydroxylation sites is 1. The molecule has 1 fully saturated rings. The van der Waals surface area contributed by atoms with Gasteiger partial charge in [-0.25, -0.2) is 8.42 Å². The van der Waals surface area contributed by atoms with Crippen molar-refractivity contribution in [3.8, 4) is 0 Å². The molecule has 1 aliphatic heterocycles. The van der Waals surface area contributed by atoms with Crippen LogP contribution in [0.2, 0.25) is 0 Å². The Morgan fingerprint density at radius 3 is 2.23 bits per heavy atom. The standard InChI is InChI=1S/C22H27N3O4S/c1-3-25(30(2,28)29)18-13-11-17(12-14-18)21(26)23-20-10-6-5-9-19(20)22(27)24-15-7-4-8-16-24/h5-6,9-14H,3-4,7-8,15-16H2,1-2H3,(H,23,26). The minimum atomic E-state index is -3.38. The predicted molar refractivity (Wildman–Crippen MR) is 118 cm³/mol. The van der Waals surface area contributed by atoms with E-state index in [0.29, 0.717) is 29.0 Å². The summed E-state index contributed by atoms with van der Waals surface area (Å²) in [5, 5.41) is 2.82. The van der Waals surface area contributed by atoms with E-state index in [9.17, 15) is 18.0 Å². The summed E-state index contributed by atoms with van der Waals surface area (Å²) in [7, 11) is -3.38. The lowest BCUT2D eigenvalue weighted by Crippen LogP contribution is -2.36. The zero-order valence-electron chi connectivity index (χ0n) is 17.3. The monoisotopic (exact) mass is 429 g/mol. The SMILES string of the molecule is CCN(c1ccc(C(=O)Nc2ccccc2C(=O)N2CCCCC2)cc1)S(C)(=O)=O. The molecule has 0 unspecified atom stereocenters. The number of rotatable bonds is 6. The number of hydrogen-bond acceptors (Lipinski definition) is 4. The second kappa shape index (κ2) is 9.30. The fourth-order valence-corrected chi connectivity index (χ4v) is 4.60. The number of benzene rings is 2. The molecule has 30 heavy (non-hydrogen) atoms. The Labute approximate surface area is 177 Å². The van der Waals surface area contributed by atoms with Crippen molar-refractivity contribution >= 4 is 33.2 Å². The number of likely N-dealkylation sites (tertiary alicyclic amines) is 1. The molecule has 1 N–H and O–H groups in total. The van der Waals surface area contributed by atoms with Gasteiger partial charge in [0.05, 0.1) is 23.2 Å². The average Bonchev–Trinajstić information content (AvgIpc) is 2.74. The highest BCUT2D eigenvalue weighted by Gasteiger charge is 2.22. The molecule has 0 aliphatic carbocycles. The van der Waals surface area contributed by atoms with E-state index in [2.05, 4.69) is 5.32 Å². The first-order valence-corrected chi connectivity index (χ1v) is 11.9. The molecule has 0 aromatic heterocycles. The lowest BCUT2D eigenvalue weighted by atomic mass is 10.1. The van der Waals surface area contributed by atoms with Crippen LogP contribution in [0.25, 0.3) is 0 Å². The molecule has 2 aromatic rings. The molecule has 0 bridgehead atoms. The van der Waals surface area contributed by atoms with Crippen LogP contribution in [0.4, 0.5) is 11.4 Å². The van der Waals surface area contributed by atoms with Crippen LogP contribution in [0, 0.1) is 0 Å². The van der Waals surface area contributed by atoms with Gasteiger partial charge < -0.3 is 10.2 Å². The molecule has 8 heteroatoms. The highest BCUT2D eigenvalue weighted by Crippen LogP contribution is 2.22. The highest BCUT2D eigenvalue weighted by molar-refractivity contribution is 7.92. The van der Waals surface area contributed by atoms with Gasteiger partial charge in [0.1, 0.15) is 0 Å². The van der Waals surface area contributed by atoms with Gasteiger partial charge in [-0.15, -0.1) is 0 Å². The van der Waals surface area contributed by atoms with Gasteiger partial charge in [-0.1, -0.05) is 12.1 Å². The fourth-order valence-electron chi connectivity index (χ4n) is 3.63. The number of nitrogens with zero attached hydrogens (tertiary/aromatic N) is 2. The largest absolute Gasteiger partial charge is 0.339 e. The van der Waals surface area contributed by atoms with E-state index in [-0.39, 0.29) is 11.8 Å². The minimum Gasteiger partial charge on any atom is -0.339 e. The zero-order valence-corrected chi connectivity index (χ0v) is 18.1. The van der Waals surface area contributed by atoms with Gasteiger partial charge in [-0.05, 0) is 62.6 Å². The Kier molecular flexibility index (Phi) is 6.77. The number of piperidine rings is 1. The summed E-state index contributed by atoms with van der Waals surface area (Å²) in [6.07, 6.45) is 4.27. The number of sulfonamides is 1. The van der Waals surface area contributed by atoms with Crippen molar-refractivity contribution < 1.29 is 18.0 Å². The molecule has 0 radical (unpaired) electrons. The van der Waals surface area contributed by atoms with Crippen LogP contribution in [0.15, 0.2) is 48.5 Å². The molecule has 3 rings (SSSR count). The van der Waals surface area contributed by atoms with Crippen molar-refractivity contribution in [3.63, 3.8) is 0 Å². The Morgan fingerprint density at radius 2 is 1.63 bits per heavy atom. The molecule has 160 valence electrons. The quantitative estimate of drug-likeness (QED) is 0.763. The maximum Gasteiger partial charge on any atom is 0.255 e. The van der Waals surface area contributed by atoms with Crippen molar-refractivity contribution in [3.05, 3.63) is 59.7 Å². The highest BCUT2D eigenvalue weighted by atomic mass is 32.2. The first-order valence-electron chi connectivity index (χ1n) is 10.1. The Morgan fingerprint density at radius 1 is 1.00 bits per heavy atom. The molecule has 0 saturated carbocycles. The summed E-state index contributed by atoms with van der Waals surface area (Å²) in [6, 6.07) is 13.4. The second-order valence-electron chi connectivity index (χ2n) is 7.33. The molecule has 1 saturated heterocycles. The van der Waals surface area contributed by atoms with E-state index in [4.69, 9.17) is 0 Å². The van der Waals surface area contributed by atoms with Crippen molar-refractivity contribution in [2.24, 2.45) is 0 Å². The molecule has 7 nitrogen and oxygen atoms in total. The summed E-state index contributed by atoms with van der Waals surface area (Å²) < 4.78 is 25.0. The first-order chi connectivity index (χ1) is 14.3. The van der Waals surface area contributed by atoms with Gasteiger partial charge in [-0.2, -0.15) is 0 Å². The molecular weight excluding hydrogens is 402 g/mol. The van der Waals surface area contributed by atoms with E-state index >= 15 is 0 Å². The number of amides is 2. The molecule has 2 amide bonds. The van der Waals surface area contributed by atoms with E-state index in [1.54, 1.807) is 55.5 Å². The third kappa shape index (κ3) is 4.99. The van der Waals surface area contributed by atoms with Crippen molar-refractivity contribution in [2.45, 2.75) is 26.2 Å². The molecule has 1 aliphatic rings. The van der Waals surface area contributed by atoms with Crippen molar-refractivity contribution in [1.29, 1.82) is 0 Å². The van der Waals surface area contributed by atoms with Crippen LogP contribution >= 0.6 is 0 Å². The molecule has 0 atom stereocenters. The van der Waals surface area contributed by atoms with Crippen LogP contribution < -0.4 is 9.62 Å². The van der Waals surface area contributed by atoms with Crippen molar-refractivity contribution in [1.82, 2.24) is 4.90 Å². The Balaban J connectivity index is 1.77. The maximum absolute atomic E-state index is 12.9. The van der Waals surface area contributed by atoms with Gasteiger partial charge >= 0.3 is 0 Å². The average molecular weight is 430 g/mol. The Hall–Kier alpha value is -2.87. The lowest BCUT2D eigenvalue weighted by molar-refractivity contribution is 0.0725.